The molecule has 0 spiro atoms. The molecule has 1 atom stereocenters. The smallest absolute Gasteiger partial charge is 0.310 e. The van der Waals surface area contributed by atoms with Crippen molar-refractivity contribution in [2.24, 2.45) is 5.92 Å². The summed E-state index contributed by atoms with van der Waals surface area (Å²) in [5.41, 5.74) is 0.855. The number of carbonyl (C=O) groups is 2. The maximum absolute atomic E-state index is 13.2. The van der Waals surface area contributed by atoms with E-state index >= 15 is 0 Å². The molecule has 0 radical (unpaired) electrons. The minimum Gasteiger partial charge on any atom is -0.466 e. The average Bonchev–Trinajstić information content (AvgIpc) is 3.11. The average molecular weight is 517 g/mol. The van der Waals surface area contributed by atoms with Gasteiger partial charge in [-0.25, -0.2) is 0 Å². The number of hydrogen-bond acceptors (Lipinski definition) is 8. The van der Waals surface area contributed by atoms with Gasteiger partial charge in [-0.05, 0) is 51.7 Å². The van der Waals surface area contributed by atoms with Crippen molar-refractivity contribution in [3.05, 3.63) is 31.9 Å². The summed E-state index contributed by atoms with van der Waals surface area (Å²) in [7, 11) is 0. The first-order valence-corrected chi connectivity index (χ1v) is 13.4. The van der Waals surface area contributed by atoms with Gasteiger partial charge in [-0.2, -0.15) is 5.26 Å². The molecule has 2 fully saturated rings. The molecule has 35 heavy (non-hydrogen) atoms. The number of pyridine rings is 1. The number of unbranched alkanes of at least 4 members (excludes halogenated alkanes) is 1. The fourth-order valence-corrected chi connectivity index (χ4v) is 5.83. The third kappa shape index (κ3) is 5.46. The molecule has 10 heteroatoms. The van der Waals surface area contributed by atoms with Gasteiger partial charge in [0.1, 0.15) is 21.8 Å². The topological polar surface area (TPSA) is 95.6 Å². The van der Waals surface area contributed by atoms with Crippen molar-refractivity contribution in [2.45, 2.75) is 59.9 Å². The largest absolute Gasteiger partial charge is 0.466 e. The molecule has 0 bridgehead atoms. The zero-order valence-electron chi connectivity index (χ0n) is 20.8. The summed E-state index contributed by atoms with van der Waals surface area (Å²) in [6.45, 7) is 9.71. The number of esters is 1. The molecular weight excluding hydrogens is 484 g/mol. The van der Waals surface area contributed by atoms with Gasteiger partial charge in [0.15, 0.2) is 0 Å². The molecule has 188 valence electrons. The Balaban J connectivity index is 2.14. The van der Waals surface area contributed by atoms with Gasteiger partial charge in [0.05, 0.1) is 17.4 Å². The third-order valence-corrected chi connectivity index (χ3v) is 7.77. The van der Waals surface area contributed by atoms with Gasteiger partial charge in [-0.15, -0.1) is 0 Å². The molecule has 1 amide bonds. The number of amides is 1. The van der Waals surface area contributed by atoms with Crippen molar-refractivity contribution in [3.8, 4) is 6.07 Å². The van der Waals surface area contributed by atoms with Gasteiger partial charge in [0, 0.05) is 31.7 Å². The summed E-state index contributed by atoms with van der Waals surface area (Å²) in [5, 5.41) is 9.75. The summed E-state index contributed by atoms with van der Waals surface area (Å²) in [5.74, 6) is -0.0807. The van der Waals surface area contributed by atoms with Crippen LogP contribution >= 0.6 is 24.0 Å². The number of aromatic nitrogens is 1. The molecule has 2 aliphatic heterocycles. The number of piperidine rings is 1. The van der Waals surface area contributed by atoms with Crippen LogP contribution in [0.4, 0.5) is 5.82 Å². The van der Waals surface area contributed by atoms with E-state index in [9.17, 15) is 19.6 Å². The fourth-order valence-electron chi connectivity index (χ4n) is 4.54. The number of ether oxygens (including phenoxy) is 1. The van der Waals surface area contributed by atoms with E-state index < -0.39 is 0 Å². The maximum atomic E-state index is 13.2. The number of nitriles is 1. The predicted octanol–water partition coefficient (Wildman–Crippen LogP) is 3.83. The third-order valence-electron chi connectivity index (χ3n) is 6.39. The molecule has 0 saturated carbocycles. The molecule has 0 aromatic carbocycles. The lowest BCUT2D eigenvalue weighted by atomic mass is 9.96. The second-order valence-electron chi connectivity index (χ2n) is 8.62. The number of nitrogens with zero attached hydrogens (tertiary/aromatic N) is 4. The van der Waals surface area contributed by atoms with Gasteiger partial charge in [-0.3, -0.25) is 23.9 Å². The molecule has 2 aliphatic rings. The van der Waals surface area contributed by atoms with Crippen LogP contribution in [0.1, 0.15) is 63.1 Å². The predicted molar refractivity (Wildman–Crippen MR) is 142 cm³/mol. The van der Waals surface area contributed by atoms with Gasteiger partial charge >= 0.3 is 5.97 Å². The molecule has 2 saturated heterocycles. The van der Waals surface area contributed by atoms with Crippen molar-refractivity contribution in [1.82, 2.24) is 9.47 Å². The minimum atomic E-state index is -0.367. The molecule has 1 aromatic heterocycles. The van der Waals surface area contributed by atoms with Crippen molar-refractivity contribution in [1.29, 1.82) is 5.26 Å². The molecule has 0 N–H and O–H groups in total. The zero-order valence-corrected chi connectivity index (χ0v) is 22.4. The molecule has 8 nitrogen and oxygen atoms in total. The van der Waals surface area contributed by atoms with Gasteiger partial charge in [-0.1, -0.05) is 37.3 Å². The minimum absolute atomic E-state index is 0.0577. The molecular formula is C25H32N4O4S2. The number of thiocarbonyl (C=S) groups is 1. The monoisotopic (exact) mass is 516 g/mol. The van der Waals surface area contributed by atoms with E-state index in [-0.39, 0.29) is 28.9 Å². The van der Waals surface area contributed by atoms with Gasteiger partial charge in [0.25, 0.3) is 11.5 Å². The number of rotatable bonds is 8. The van der Waals surface area contributed by atoms with Crippen LogP contribution in [-0.2, 0) is 20.9 Å². The van der Waals surface area contributed by atoms with Crippen LogP contribution in [-0.4, -0.2) is 51.9 Å². The van der Waals surface area contributed by atoms with E-state index in [2.05, 4.69) is 13.0 Å². The lowest BCUT2D eigenvalue weighted by Crippen LogP contribution is -2.43. The number of thioether (sulfide) groups is 1. The van der Waals surface area contributed by atoms with E-state index in [0.29, 0.717) is 65.4 Å². The van der Waals surface area contributed by atoms with Gasteiger partial charge in [0.2, 0.25) is 0 Å². The van der Waals surface area contributed by atoms with Crippen LogP contribution in [0.2, 0.25) is 0 Å². The van der Waals surface area contributed by atoms with E-state index in [1.807, 2.05) is 11.8 Å². The first-order chi connectivity index (χ1) is 16.8. The van der Waals surface area contributed by atoms with E-state index in [1.165, 1.54) is 11.8 Å². The summed E-state index contributed by atoms with van der Waals surface area (Å²) in [6.07, 6.45) is 5.04. The summed E-state index contributed by atoms with van der Waals surface area (Å²) in [4.78, 5) is 43.0. The summed E-state index contributed by atoms with van der Waals surface area (Å²) >= 11 is 6.70. The Morgan fingerprint density at radius 3 is 2.69 bits per heavy atom. The Hall–Kier alpha value is -2.64. The van der Waals surface area contributed by atoms with E-state index in [0.717, 1.165) is 19.3 Å². The second-order valence-corrected chi connectivity index (χ2v) is 10.3. The Morgan fingerprint density at radius 1 is 1.31 bits per heavy atom. The Bertz CT molecular complexity index is 1150. The van der Waals surface area contributed by atoms with E-state index in [1.54, 1.807) is 29.4 Å². The van der Waals surface area contributed by atoms with Crippen LogP contribution in [0.15, 0.2) is 9.70 Å². The first-order valence-electron chi connectivity index (χ1n) is 12.1. The lowest BCUT2D eigenvalue weighted by molar-refractivity contribution is -0.148. The SMILES string of the molecule is CCCCN1C(=O)/C(=C/c2c(C)c(C#N)c(=O)n(CC)c2N2CCCC(C(=O)OCC)C2)SC1=S. The highest BCUT2D eigenvalue weighted by molar-refractivity contribution is 8.26. The quantitative estimate of drug-likeness (QED) is 0.292. The first kappa shape index (κ1) is 27.0. The molecule has 1 unspecified atom stereocenters. The molecule has 3 heterocycles. The van der Waals surface area contributed by atoms with Crippen LogP contribution in [0.5, 0.6) is 0 Å². The van der Waals surface area contributed by atoms with E-state index in [4.69, 9.17) is 17.0 Å². The number of anilines is 1. The molecule has 3 rings (SSSR count). The van der Waals surface area contributed by atoms with Crippen LogP contribution in [0, 0.1) is 24.2 Å². The Kier molecular flexibility index (Phi) is 9.14. The van der Waals surface area contributed by atoms with Crippen molar-refractivity contribution >= 4 is 52.1 Å². The number of carbonyl (C=O) groups excluding carboxylic acids is 2. The summed E-state index contributed by atoms with van der Waals surface area (Å²) < 4.78 is 7.34. The lowest BCUT2D eigenvalue weighted by Gasteiger charge is -2.36. The highest BCUT2D eigenvalue weighted by Gasteiger charge is 2.34. The summed E-state index contributed by atoms with van der Waals surface area (Å²) in [6, 6.07) is 2.05. The highest BCUT2D eigenvalue weighted by atomic mass is 32.2. The fraction of sp³-hybridized carbons (Fsp3) is 0.560. The Labute approximate surface area is 215 Å². The second kappa shape index (κ2) is 11.9. The number of hydrogen-bond donors (Lipinski definition) is 0. The van der Waals surface area contributed by atoms with Crippen molar-refractivity contribution in [2.75, 3.05) is 31.1 Å². The molecule has 1 aromatic rings. The van der Waals surface area contributed by atoms with Crippen molar-refractivity contribution < 1.29 is 14.3 Å². The van der Waals surface area contributed by atoms with Crippen LogP contribution in [0.3, 0.4) is 0 Å². The zero-order chi connectivity index (χ0) is 25.7. The van der Waals surface area contributed by atoms with Crippen LogP contribution < -0.4 is 10.5 Å². The standard InChI is InChI=1S/C25H32N4O4S2/c1-5-8-12-29-23(31)20(35-25(29)34)13-18-16(4)19(14-26)22(30)28(6-2)21(18)27-11-9-10-17(15-27)24(32)33-7-3/h13,17H,5-12,15H2,1-4H3/b20-13-. The molecule has 0 aliphatic carbocycles. The maximum Gasteiger partial charge on any atom is 0.310 e. The normalized spacial score (nSPS) is 19.4. The van der Waals surface area contributed by atoms with Crippen molar-refractivity contribution in [3.63, 3.8) is 0 Å². The Morgan fingerprint density at radius 2 is 2.06 bits per heavy atom. The highest BCUT2D eigenvalue weighted by Crippen LogP contribution is 2.37. The van der Waals surface area contributed by atoms with Gasteiger partial charge < -0.3 is 9.64 Å². The van der Waals surface area contributed by atoms with Crippen LogP contribution in [0.25, 0.3) is 6.08 Å².